The molecule has 0 atom stereocenters. The lowest BCUT2D eigenvalue weighted by molar-refractivity contribution is -0.110. The molecular weight excluding hydrogens is 196 g/mol. The van der Waals surface area contributed by atoms with Gasteiger partial charge in [-0.05, 0) is 11.6 Å². The predicted molar refractivity (Wildman–Crippen MR) is 47.2 cm³/mol. The van der Waals surface area contributed by atoms with E-state index in [1.165, 1.54) is 0 Å². The lowest BCUT2D eigenvalue weighted by atomic mass is 10.9. The summed E-state index contributed by atoms with van der Waals surface area (Å²) in [6.45, 7) is 0. The van der Waals surface area contributed by atoms with Crippen molar-refractivity contribution in [3.8, 4) is 0 Å². The van der Waals surface area contributed by atoms with Gasteiger partial charge in [-0.15, -0.1) is 35.3 Å². The van der Waals surface area contributed by atoms with E-state index in [4.69, 9.17) is 11.6 Å². The summed E-state index contributed by atoms with van der Waals surface area (Å²) < 4.78 is -0.00656. The zero-order valence-electron chi connectivity index (χ0n) is 4.50. The van der Waals surface area contributed by atoms with E-state index in [1.54, 1.807) is 23.5 Å². The third-order valence-corrected chi connectivity index (χ3v) is 5.54. The van der Waals surface area contributed by atoms with Crippen molar-refractivity contribution in [2.75, 3.05) is 10.2 Å². The molecule has 1 nitrogen and oxygen atoms in total. The normalized spacial score (nSPS) is 21.9. The van der Waals surface area contributed by atoms with Crippen molar-refractivity contribution >= 4 is 52.1 Å². The van der Waals surface area contributed by atoms with Crippen LogP contribution in [0.25, 0.3) is 0 Å². The molecule has 1 aliphatic rings. The van der Waals surface area contributed by atoms with Gasteiger partial charge in [-0.1, -0.05) is 0 Å². The van der Waals surface area contributed by atoms with Crippen molar-refractivity contribution < 1.29 is 4.79 Å². The summed E-state index contributed by atoms with van der Waals surface area (Å²) in [7, 11) is 0. The van der Waals surface area contributed by atoms with Crippen molar-refractivity contribution in [1.29, 1.82) is 0 Å². The first kappa shape index (κ1) is 8.11. The van der Waals surface area contributed by atoms with Gasteiger partial charge in [0.15, 0.2) is 0 Å². The van der Waals surface area contributed by atoms with Crippen LogP contribution in [0.1, 0.15) is 0 Å². The zero-order chi connectivity index (χ0) is 6.69. The predicted octanol–water partition coefficient (Wildman–Crippen LogP) is 2.21. The van der Waals surface area contributed by atoms with Crippen LogP contribution in [-0.4, -0.2) is 20.0 Å². The second-order valence-corrected chi connectivity index (χ2v) is 5.98. The van der Waals surface area contributed by atoms with Crippen molar-refractivity contribution in [2.24, 2.45) is 0 Å². The van der Waals surface area contributed by atoms with Gasteiger partial charge in [0.05, 0.1) is 0 Å². The smallest absolute Gasteiger partial charge is 0.244 e. The SMILES string of the molecule is O=C(Cl)C1SCSCS1. The number of carbonyl (C=O) groups is 1. The molecule has 1 rings (SSSR count). The summed E-state index contributed by atoms with van der Waals surface area (Å²) in [5.74, 6) is 0. The van der Waals surface area contributed by atoms with Crippen molar-refractivity contribution in [2.45, 2.75) is 4.58 Å². The van der Waals surface area contributed by atoms with Gasteiger partial charge in [-0.3, -0.25) is 4.79 Å². The van der Waals surface area contributed by atoms with E-state index >= 15 is 0 Å². The van der Waals surface area contributed by atoms with Crippen molar-refractivity contribution in [1.82, 2.24) is 0 Å². The Hall–Kier alpha value is 1.01. The molecule has 0 aromatic carbocycles. The maximum atomic E-state index is 10.5. The fraction of sp³-hybridized carbons (Fsp3) is 0.750. The Morgan fingerprint density at radius 2 is 2.00 bits per heavy atom. The van der Waals surface area contributed by atoms with Crippen LogP contribution in [0.15, 0.2) is 0 Å². The minimum atomic E-state index is -0.217. The van der Waals surface area contributed by atoms with Crippen LogP contribution in [0.4, 0.5) is 0 Å². The molecule has 0 unspecified atom stereocenters. The van der Waals surface area contributed by atoms with Crippen LogP contribution >= 0.6 is 46.9 Å². The average molecular weight is 201 g/mol. The van der Waals surface area contributed by atoms with Gasteiger partial charge in [0.25, 0.3) is 0 Å². The maximum Gasteiger partial charge on any atom is 0.244 e. The van der Waals surface area contributed by atoms with E-state index in [1.807, 2.05) is 11.8 Å². The number of halogens is 1. The molecule has 0 spiro atoms. The van der Waals surface area contributed by atoms with Crippen LogP contribution in [0.3, 0.4) is 0 Å². The number of hydrogen-bond donors (Lipinski definition) is 0. The summed E-state index contributed by atoms with van der Waals surface area (Å²) in [4.78, 5) is 10.5. The third kappa shape index (κ3) is 2.62. The molecule has 1 aliphatic heterocycles. The van der Waals surface area contributed by atoms with Crippen LogP contribution in [0, 0.1) is 0 Å². The van der Waals surface area contributed by atoms with E-state index in [2.05, 4.69) is 0 Å². The Morgan fingerprint density at radius 3 is 2.33 bits per heavy atom. The van der Waals surface area contributed by atoms with Gasteiger partial charge in [0, 0.05) is 10.2 Å². The Labute approximate surface area is 71.7 Å². The molecule has 1 fully saturated rings. The van der Waals surface area contributed by atoms with Crippen LogP contribution in [-0.2, 0) is 4.79 Å². The topological polar surface area (TPSA) is 17.1 Å². The molecule has 0 radical (unpaired) electrons. The lowest BCUT2D eigenvalue weighted by Gasteiger charge is -2.15. The standard InChI is InChI=1S/C4H5ClOS3/c5-3(6)4-8-1-7-2-9-4/h4H,1-2H2. The van der Waals surface area contributed by atoms with E-state index in [0.29, 0.717) is 0 Å². The van der Waals surface area contributed by atoms with E-state index in [-0.39, 0.29) is 9.82 Å². The molecule has 0 amide bonds. The number of rotatable bonds is 1. The molecule has 0 saturated carbocycles. The molecule has 52 valence electrons. The second-order valence-electron chi connectivity index (χ2n) is 1.41. The molecule has 0 N–H and O–H groups in total. The highest BCUT2D eigenvalue weighted by atomic mass is 35.5. The molecule has 0 aliphatic carbocycles. The van der Waals surface area contributed by atoms with Gasteiger partial charge >= 0.3 is 0 Å². The van der Waals surface area contributed by atoms with E-state index < -0.39 is 0 Å². The Kier molecular flexibility index (Phi) is 3.61. The average Bonchev–Trinajstić information content (AvgIpc) is 1.90. The van der Waals surface area contributed by atoms with Crippen LogP contribution < -0.4 is 0 Å². The number of hydrogen-bond acceptors (Lipinski definition) is 4. The first-order valence-electron chi connectivity index (χ1n) is 2.31. The van der Waals surface area contributed by atoms with Gasteiger partial charge in [-0.25, -0.2) is 0 Å². The number of thioether (sulfide) groups is 3. The molecule has 1 heterocycles. The van der Waals surface area contributed by atoms with Crippen LogP contribution in [0.2, 0.25) is 0 Å². The monoisotopic (exact) mass is 200 g/mol. The second kappa shape index (κ2) is 4.01. The summed E-state index contributed by atoms with van der Waals surface area (Å²) in [6, 6.07) is 0. The summed E-state index contributed by atoms with van der Waals surface area (Å²) >= 11 is 10.3. The maximum absolute atomic E-state index is 10.5. The third-order valence-electron chi connectivity index (χ3n) is 0.791. The molecular formula is C4H5ClOS3. The first-order valence-corrected chi connectivity index (χ1v) is 5.94. The largest absolute Gasteiger partial charge is 0.279 e. The van der Waals surface area contributed by atoms with E-state index in [9.17, 15) is 4.79 Å². The lowest BCUT2D eigenvalue weighted by Crippen LogP contribution is -2.10. The van der Waals surface area contributed by atoms with E-state index in [0.717, 1.165) is 10.2 Å². The van der Waals surface area contributed by atoms with Gasteiger partial charge in [0.1, 0.15) is 4.58 Å². The summed E-state index contributed by atoms with van der Waals surface area (Å²) in [6.07, 6.45) is 0. The minimum Gasteiger partial charge on any atom is -0.279 e. The van der Waals surface area contributed by atoms with Gasteiger partial charge in [0.2, 0.25) is 5.24 Å². The summed E-state index contributed by atoms with van der Waals surface area (Å²) in [5, 5.41) is 1.78. The van der Waals surface area contributed by atoms with Gasteiger partial charge < -0.3 is 0 Å². The molecule has 0 aromatic rings. The quantitative estimate of drug-likeness (QED) is 0.604. The first-order chi connectivity index (χ1) is 4.30. The highest BCUT2D eigenvalue weighted by Crippen LogP contribution is 2.36. The molecule has 0 bridgehead atoms. The Balaban J connectivity index is 2.31. The zero-order valence-corrected chi connectivity index (χ0v) is 7.71. The number of carbonyl (C=O) groups excluding carboxylic acids is 1. The van der Waals surface area contributed by atoms with Crippen molar-refractivity contribution in [3.05, 3.63) is 0 Å². The highest BCUT2D eigenvalue weighted by molar-refractivity contribution is 8.33. The minimum absolute atomic E-state index is 0.00656. The highest BCUT2D eigenvalue weighted by Gasteiger charge is 2.20. The summed E-state index contributed by atoms with van der Waals surface area (Å²) in [5.41, 5.74) is 0. The molecule has 9 heavy (non-hydrogen) atoms. The van der Waals surface area contributed by atoms with Crippen LogP contribution in [0.5, 0.6) is 0 Å². The Bertz CT molecular complexity index is 112. The molecule has 1 saturated heterocycles. The Morgan fingerprint density at radius 1 is 1.44 bits per heavy atom. The van der Waals surface area contributed by atoms with Gasteiger partial charge in [-0.2, -0.15) is 0 Å². The fourth-order valence-electron chi connectivity index (χ4n) is 0.433. The van der Waals surface area contributed by atoms with Crippen molar-refractivity contribution in [3.63, 3.8) is 0 Å². The molecule has 5 heteroatoms. The molecule has 0 aromatic heterocycles. The fourth-order valence-corrected chi connectivity index (χ4v) is 5.10.